The molecule has 0 bridgehead atoms. The van der Waals surface area contributed by atoms with Crippen molar-refractivity contribution >= 4 is 27.5 Å². The van der Waals surface area contributed by atoms with Crippen LogP contribution in [0.2, 0.25) is 0 Å². The van der Waals surface area contributed by atoms with Crippen molar-refractivity contribution in [2.45, 2.75) is 13.8 Å². The maximum atomic E-state index is 12.1. The van der Waals surface area contributed by atoms with Gasteiger partial charge in [0.05, 0.1) is 4.47 Å². The average molecular weight is 320 g/mol. The number of aromatic hydroxyl groups is 1. The highest BCUT2D eigenvalue weighted by Crippen LogP contribution is 2.35. The fraction of sp³-hybridized carbons (Fsp3) is 0.133. The molecule has 3 nitrogen and oxygen atoms in total. The van der Waals surface area contributed by atoms with E-state index >= 15 is 0 Å². The SMILES string of the molecule is Cc1cc(O)c(Br)c(C)c1NC(=O)c1ccccc1. The van der Waals surface area contributed by atoms with Crippen LogP contribution in [-0.2, 0) is 0 Å². The van der Waals surface area contributed by atoms with Crippen LogP contribution >= 0.6 is 15.9 Å². The maximum absolute atomic E-state index is 12.1. The van der Waals surface area contributed by atoms with Crippen molar-refractivity contribution in [3.05, 3.63) is 57.6 Å². The predicted octanol–water partition coefficient (Wildman–Crippen LogP) is 4.02. The van der Waals surface area contributed by atoms with Crippen molar-refractivity contribution in [1.29, 1.82) is 0 Å². The number of amides is 1. The molecule has 0 aliphatic carbocycles. The Balaban J connectivity index is 2.35. The number of nitrogens with one attached hydrogen (secondary N) is 1. The van der Waals surface area contributed by atoms with Gasteiger partial charge in [0.15, 0.2) is 0 Å². The van der Waals surface area contributed by atoms with Crippen molar-refractivity contribution < 1.29 is 9.90 Å². The highest BCUT2D eigenvalue weighted by atomic mass is 79.9. The number of phenolic OH excluding ortho intramolecular Hbond substituents is 1. The zero-order chi connectivity index (χ0) is 14.0. The van der Waals surface area contributed by atoms with Gasteiger partial charge in [-0.3, -0.25) is 4.79 Å². The molecule has 0 heterocycles. The second-order valence-electron chi connectivity index (χ2n) is 4.35. The van der Waals surface area contributed by atoms with Gasteiger partial charge < -0.3 is 10.4 Å². The van der Waals surface area contributed by atoms with Crippen LogP contribution < -0.4 is 5.32 Å². The molecule has 2 N–H and O–H groups in total. The Bertz CT molecular complexity index is 624. The minimum Gasteiger partial charge on any atom is -0.507 e. The third-order valence-electron chi connectivity index (χ3n) is 2.95. The van der Waals surface area contributed by atoms with Crippen LogP contribution in [0.3, 0.4) is 0 Å². The van der Waals surface area contributed by atoms with Gasteiger partial charge in [0.2, 0.25) is 0 Å². The fourth-order valence-corrected chi connectivity index (χ4v) is 2.22. The predicted molar refractivity (Wildman–Crippen MR) is 79.7 cm³/mol. The molecule has 0 saturated carbocycles. The lowest BCUT2D eigenvalue weighted by Crippen LogP contribution is -2.13. The highest BCUT2D eigenvalue weighted by molar-refractivity contribution is 9.10. The summed E-state index contributed by atoms with van der Waals surface area (Å²) in [5, 5.41) is 12.6. The molecule has 0 aliphatic rings. The van der Waals surface area contributed by atoms with E-state index in [4.69, 9.17) is 0 Å². The number of phenols is 1. The first-order chi connectivity index (χ1) is 9.00. The molecule has 98 valence electrons. The number of anilines is 1. The number of aryl methyl sites for hydroxylation is 1. The zero-order valence-corrected chi connectivity index (χ0v) is 12.3. The molecule has 0 spiro atoms. The van der Waals surface area contributed by atoms with Gasteiger partial charge in [-0.2, -0.15) is 0 Å². The number of benzene rings is 2. The van der Waals surface area contributed by atoms with Crippen LogP contribution in [0, 0.1) is 13.8 Å². The van der Waals surface area contributed by atoms with E-state index in [2.05, 4.69) is 21.2 Å². The normalized spacial score (nSPS) is 10.3. The average Bonchev–Trinajstić information content (AvgIpc) is 2.42. The smallest absolute Gasteiger partial charge is 0.255 e. The van der Waals surface area contributed by atoms with E-state index in [1.54, 1.807) is 18.2 Å². The van der Waals surface area contributed by atoms with E-state index in [0.717, 1.165) is 16.8 Å². The summed E-state index contributed by atoms with van der Waals surface area (Å²) in [5.74, 6) is 0.0112. The Hall–Kier alpha value is -1.81. The minimum atomic E-state index is -0.163. The number of rotatable bonds is 2. The molecule has 0 atom stereocenters. The molecule has 0 saturated heterocycles. The summed E-state index contributed by atoms with van der Waals surface area (Å²) in [6.07, 6.45) is 0. The Morgan fingerprint density at radius 1 is 1.21 bits per heavy atom. The van der Waals surface area contributed by atoms with E-state index < -0.39 is 0 Å². The first kappa shape index (κ1) is 13.6. The lowest BCUT2D eigenvalue weighted by Gasteiger charge is -2.14. The van der Waals surface area contributed by atoms with Crippen LogP contribution in [0.25, 0.3) is 0 Å². The molecule has 2 aromatic carbocycles. The molecule has 0 aromatic heterocycles. The van der Waals surface area contributed by atoms with E-state index in [9.17, 15) is 9.90 Å². The molecule has 0 unspecified atom stereocenters. The van der Waals surface area contributed by atoms with Crippen LogP contribution in [0.4, 0.5) is 5.69 Å². The van der Waals surface area contributed by atoms with Gasteiger partial charge in [0.1, 0.15) is 5.75 Å². The summed E-state index contributed by atoms with van der Waals surface area (Å²) in [6.45, 7) is 3.69. The van der Waals surface area contributed by atoms with E-state index in [1.807, 2.05) is 32.0 Å². The van der Waals surface area contributed by atoms with Gasteiger partial charge >= 0.3 is 0 Å². The van der Waals surface area contributed by atoms with Gasteiger partial charge in [-0.15, -0.1) is 0 Å². The Morgan fingerprint density at radius 2 is 1.84 bits per heavy atom. The maximum Gasteiger partial charge on any atom is 0.255 e. The molecule has 1 amide bonds. The molecule has 19 heavy (non-hydrogen) atoms. The summed E-state index contributed by atoms with van der Waals surface area (Å²) in [4.78, 5) is 12.1. The van der Waals surface area contributed by atoms with Crippen molar-refractivity contribution in [3.8, 4) is 5.75 Å². The Kier molecular flexibility index (Phi) is 3.90. The van der Waals surface area contributed by atoms with E-state index in [1.165, 1.54) is 0 Å². The number of hydrogen-bond donors (Lipinski definition) is 2. The number of halogens is 1. The molecule has 2 aromatic rings. The van der Waals surface area contributed by atoms with Crippen molar-refractivity contribution in [2.24, 2.45) is 0 Å². The summed E-state index contributed by atoms with van der Waals surface area (Å²) in [5.41, 5.74) is 2.95. The summed E-state index contributed by atoms with van der Waals surface area (Å²) < 4.78 is 0.599. The van der Waals surface area contributed by atoms with E-state index in [-0.39, 0.29) is 11.7 Å². The molecule has 0 aliphatic heterocycles. The standard InChI is InChI=1S/C15H14BrNO2/c1-9-8-12(18)13(16)10(2)14(9)17-15(19)11-6-4-3-5-7-11/h3-8,18H,1-2H3,(H,17,19). The number of hydrogen-bond acceptors (Lipinski definition) is 2. The van der Waals surface area contributed by atoms with Gasteiger partial charge in [-0.1, -0.05) is 18.2 Å². The van der Waals surface area contributed by atoms with Crippen LogP contribution in [0.1, 0.15) is 21.5 Å². The molecule has 4 heteroatoms. The number of carbonyl (C=O) groups excluding carboxylic acids is 1. The van der Waals surface area contributed by atoms with Gasteiger partial charge in [0, 0.05) is 11.3 Å². The fourth-order valence-electron chi connectivity index (χ4n) is 1.91. The lowest BCUT2D eigenvalue weighted by atomic mass is 10.1. The topological polar surface area (TPSA) is 49.3 Å². The zero-order valence-electron chi connectivity index (χ0n) is 10.7. The second-order valence-corrected chi connectivity index (χ2v) is 5.14. The molecule has 0 fully saturated rings. The van der Waals surface area contributed by atoms with Crippen LogP contribution in [-0.4, -0.2) is 11.0 Å². The highest BCUT2D eigenvalue weighted by Gasteiger charge is 2.13. The third kappa shape index (κ3) is 2.79. The van der Waals surface area contributed by atoms with Crippen molar-refractivity contribution in [3.63, 3.8) is 0 Å². The molecular formula is C15H14BrNO2. The first-order valence-electron chi connectivity index (χ1n) is 5.85. The first-order valence-corrected chi connectivity index (χ1v) is 6.65. The lowest BCUT2D eigenvalue weighted by molar-refractivity contribution is 0.102. The largest absolute Gasteiger partial charge is 0.507 e. The van der Waals surface area contributed by atoms with Crippen molar-refractivity contribution in [1.82, 2.24) is 0 Å². The monoisotopic (exact) mass is 319 g/mol. The van der Waals surface area contributed by atoms with Gasteiger partial charge in [0.25, 0.3) is 5.91 Å². The summed E-state index contributed by atoms with van der Waals surface area (Å²) in [7, 11) is 0. The Morgan fingerprint density at radius 3 is 2.47 bits per heavy atom. The Labute approximate surface area is 120 Å². The van der Waals surface area contributed by atoms with Crippen LogP contribution in [0.5, 0.6) is 5.75 Å². The molecule has 0 radical (unpaired) electrons. The summed E-state index contributed by atoms with van der Waals surface area (Å²) in [6, 6.07) is 10.6. The van der Waals surface area contributed by atoms with Gasteiger partial charge in [-0.25, -0.2) is 0 Å². The third-order valence-corrected chi connectivity index (χ3v) is 3.95. The minimum absolute atomic E-state index is 0.163. The van der Waals surface area contributed by atoms with Crippen molar-refractivity contribution in [2.75, 3.05) is 5.32 Å². The van der Waals surface area contributed by atoms with Crippen LogP contribution in [0.15, 0.2) is 40.9 Å². The summed E-state index contributed by atoms with van der Waals surface area (Å²) >= 11 is 3.31. The number of carbonyl (C=O) groups is 1. The van der Waals surface area contributed by atoms with Gasteiger partial charge in [-0.05, 0) is 59.1 Å². The molecule has 2 rings (SSSR count). The quantitative estimate of drug-likeness (QED) is 0.821. The van der Waals surface area contributed by atoms with E-state index in [0.29, 0.717) is 10.0 Å². The second kappa shape index (κ2) is 5.45. The molecular weight excluding hydrogens is 306 g/mol.